The minimum atomic E-state index is -1.22. The molecule has 0 fully saturated rings. The maximum Gasteiger partial charge on any atom is 0.360 e. The van der Waals surface area contributed by atoms with Crippen LogP contribution in [-0.2, 0) is 14.4 Å². The number of thioether (sulfide) groups is 1. The van der Waals surface area contributed by atoms with Gasteiger partial charge in [-0.2, -0.15) is 0 Å². The van der Waals surface area contributed by atoms with Crippen LogP contribution in [-0.4, -0.2) is 43.8 Å². The van der Waals surface area contributed by atoms with Crippen molar-refractivity contribution in [2.45, 2.75) is 37.5 Å². The summed E-state index contributed by atoms with van der Waals surface area (Å²) in [6.45, 7) is 3.03. The van der Waals surface area contributed by atoms with Gasteiger partial charge in [-0.05, 0) is 13.3 Å². The van der Waals surface area contributed by atoms with Gasteiger partial charge in [0.15, 0.2) is 5.04 Å². The number of ketones is 1. The van der Waals surface area contributed by atoms with E-state index in [0.717, 1.165) is 11.8 Å². The zero-order valence-electron chi connectivity index (χ0n) is 9.47. The Morgan fingerprint density at radius 2 is 2.00 bits per heavy atom. The molecule has 2 unspecified atom stereocenters. The molecule has 1 rings (SSSR count). The zero-order chi connectivity index (χ0) is 13.2. The second-order valence-electron chi connectivity index (χ2n) is 3.86. The molecule has 2 N–H and O–H groups in total. The fourth-order valence-corrected chi connectivity index (χ4v) is 3.10. The summed E-state index contributed by atoms with van der Waals surface area (Å²) in [7, 11) is 0. The van der Waals surface area contributed by atoms with E-state index in [0.29, 0.717) is 6.42 Å². The Hall–Kier alpha value is -1.37. The number of carboxylic acids is 2. The summed E-state index contributed by atoms with van der Waals surface area (Å²) < 4.78 is 0. The molecule has 0 aromatic rings. The maximum absolute atomic E-state index is 11.5. The van der Waals surface area contributed by atoms with E-state index in [4.69, 9.17) is 10.2 Å². The lowest BCUT2D eigenvalue weighted by Crippen LogP contribution is -2.41. The summed E-state index contributed by atoms with van der Waals surface area (Å²) in [4.78, 5) is 37.1. The molecule has 0 saturated heterocycles. The molecule has 0 bridgehead atoms. The van der Waals surface area contributed by atoms with Crippen molar-refractivity contribution in [3.05, 3.63) is 0 Å². The minimum Gasteiger partial charge on any atom is -0.481 e. The van der Waals surface area contributed by atoms with Crippen molar-refractivity contribution >= 4 is 34.5 Å². The van der Waals surface area contributed by atoms with Crippen LogP contribution in [0, 0.1) is 0 Å². The number of hydrogen-bond acceptors (Lipinski definition) is 5. The summed E-state index contributed by atoms with van der Waals surface area (Å²) in [6.07, 6.45) is -0.0230. The molecular formula is C10H13NO5S. The number of aliphatic imine (C=N–C) groups is 1. The third-order valence-corrected chi connectivity index (χ3v) is 4.16. The standard InChI is InChI=1S/C10H13NO5S/c1-3-10(4-6(13)14)7(5(2)12)17-8(11-10)9(15)16/h7H,3-4H2,1-2H3,(H,13,14)(H,15,16). The van der Waals surface area contributed by atoms with Crippen LogP contribution in [0.2, 0.25) is 0 Å². The number of aliphatic carboxylic acids is 2. The summed E-state index contributed by atoms with van der Waals surface area (Å²) in [5, 5.41) is 16.8. The van der Waals surface area contributed by atoms with Gasteiger partial charge in [-0.15, -0.1) is 0 Å². The maximum atomic E-state index is 11.5. The van der Waals surface area contributed by atoms with Crippen molar-refractivity contribution in [1.29, 1.82) is 0 Å². The molecule has 1 heterocycles. The Morgan fingerprint density at radius 3 is 2.35 bits per heavy atom. The second-order valence-corrected chi connectivity index (χ2v) is 4.95. The monoisotopic (exact) mass is 259 g/mol. The molecule has 0 saturated carbocycles. The molecule has 7 heteroatoms. The van der Waals surface area contributed by atoms with Gasteiger partial charge in [-0.25, -0.2) is 4.79 Å². The molecule has 0 radical (unpaired) electrons. The zero-order valence-corrected chi connectivity index (χ0v) is 10.3. The Bertz CT molecular complexity index is 406. The van der Waals surface area contributed by atoms with Gasteiger partial charge in [0.2, 0.25) is 0 Å². The molecule has 1 aliphatic heterocycles. The van der Waals surface area contributed by atoms with Gasteiger partial charge in [0, 0.05) is 0 Å². The number of carbonyl (C=O) groups excluding carboxylic acids is 1. The van der Waals surface area contributed by atoms with Crippen LogP contribution in [0.5, 0.6) is 0 Å². The number of hydrogen-bond donors (Lipinski definition) is 2. The first-order chi connectivity index (χ1) is 7.82. The highest BCUT2D eigenvalue weighted by Gasteiger charge is 2.49. The predicted molar refractivity (Wildman–Crippen MR) is 62.4 cm³/mol. The van der Waals surface area contributed by atoms with Crippen LogP contribution in [0.3, 0.4) is 0 Å². The van der Waals surface area contributed by atoms with Gasteiger partial charge >= 0.3 is 11.9 Å². The van der Waals surface area contributed by atoms with E-state index < -0.39 is 22.7 Å². The van der Waals surface area contributed by atoms with Crippen LogP contribution in [0.25, 0.3) is 0 Å². The Morgan fingerprint density at radius 1 is 1.41 bits per heavy atom. The topological polar surface area (TPSA) is 104 Å². The van der Waals surface area contributed by atoms with E-state index in [1.54, 1.807) is 6.92 Å². The molecular weight excluding hydrogens is 246 g/mol. The molecule has 1 aliphatic rings. The summed E-state index contributed by atoms with van der Waals surface area (Å²) >= 11 is 0.838. The molecule has 0 aromatic carbocycles. The fourth-order valence-electron chi connectivity index (χ4n) is 1.85. The van der Waals surface area contributed by atoms with E-state index in [1.807, 2.05) is 0 Å². The Labute approximate surface area is 102 Å². The summed E-state index contributed by atoms with van der Waals surface area (Å²) in [5.74, 6) is -2.56. The van der Waals surface area contributed by atoms with Crippen molar-refractivity contribution in [3.8, 4) is 0 Å². The number of carboxylic acid groups (broad SMARTS) is 2. The van der Waals surface area contributed by atoms with E-state index in [-0.39, 0.29) is 17.2 Å². The molecule has 94 valence electrons. The van der Waals surface area contributed by atoms with Gasteiger partial charge in [-0.1, -0.05) is 18.7 Å². The largest absolute Gasteiger partial charge is 0.481 e. The molecule has 0 amide bonds. The molecule has 0 spiro atoms. The van der Waals surface area contributed by atoms with Crippen LogP contribution < -0.4 is 0 Å². The van der Waals surface area contributed by atoms with E-state index >= 15 is 0 Å². The average molecular weight is 259 g/mol. The van der Waals surface area contributed by atoms with E-state index in [1.165, 1.54) is 6.92 Å². The minimum absolute atomic E-state index is 0.187. The van der Waals surface area contributed by atoms with Crippen LogP contribution in [0.4, 0.5) is 0 Å². The quantitative estimate of drug-likeness (QED) is 0.756. The second kappa shape index (κ2) is 4.87. The third-order valence-electron chi connectivity index (χ3n) is 2.66. The van der Waals surface area contributed by atoms with Crippen LogP contribution >= 0.6 is 11.8 Å². The van der Waals surface area contributed by atoms with Crippen molar-refractivity contribution in [2.75, 3.05) is 0 Å². The number of carbonyl (C=O) groups is 3. The highest BCUT2D eigenvalue weighted by molar-refractivity contribution is 8.17. The highest BCUT2D eigenvalue weighted by atomic mass is 32.2. The van der Waals surface area contributed by atoms with Gasteiger partial charge in [0.05, 0.1) is 17.2 Å². The predicted octanol–water partition coefficient (Wildman–Crippen LogP) is 0.797. The summed E-state index contributed by atoms with van der Waals surface area (Å²) in [6, 6.07) is 0. The molecule has 0 aliphatic carbocycles. The fraction of sp³-hybridized carbons (Fsp3) is 0.600. The molecule has 0 aromatic heterocycles. The lowest BCUT2D eigenvalue weighted by Gasteiger charge is -2.27. The Balaban J connectivity index is 3.15. The van der Waals surface area contributed by atoms with Crippen LogP contribution in [0.1, 0.15) is 26.7 Å². The average Bonchev–Trinajstić information content (AvgIpc) is 2.57. The third kappa shape index (κ3) is 2.66. The van der Waals surface area contributed by atoms with Crippen molar-refractivity contribution < 1.29 is 24.6 Å². The van der Waals surface area contributed by atoms with E-state index in [9.17, 15) is 14.4 Å². The van der Waals surface area contributed by atoms with Crippen molar-refractivity contribution in [1.82, 2.24) is 0 Å². The number of rotatable bonds is 5. The van der Waals surface area contributed by atoms with Gasteiger partial charge in [0.1, 0.15) is 5.78 Å². The van der Waals surface area contributed by atoms with Crippen LogP contribution in [0.15, 0.2) is 4.99 Å². The van der Waals surface area contributed by atoms with Crippen molar-refractivity contribution in [3.63, 3.8) is 0 Å². The Kier molecular flexibility index (Phi) is 3.92. The van der Waals surface area contributed by atoms with Crippen molar-refractivity contribution in [2.24, 2.45) is 4.99 Å². The number of nitrogens with zero attached hydrogens (tertiary/aromatic N) is 1. The SMILES string of the molecule is CCC1(CC(=O)O)N=C(C(=O)O)SC1C(C)=O. The van der Waals surface area contributed by atoms with Gasteiger partial charge < -0.3 is 10.2 Å². The smallest absolute Gasteiger partial charge is 0.360 e. The molecule has 17 heavy (non-hydrogen) atoms. The molecule has 2 atom stereocenters. The van der Waals surface area contributed by atoms with Gasteiger partial charge in [-0.3, -0.25) is 14.6 Å². The lowest BCUT2D eigenvalue weighted by atomic mass is 9.87. The molecule has 6 nitrogen and oxygen atoms in total. The van der Waals surface area contributed by atoms with Gasteiger partial charge in [0.25, 0.3) is 0 Å². The first-order valence-corrected chi connectivity index (χ1v) is 5.92. The van der Waals surface area contributed by atoms with E-state index in [2.05, 4.69) is 4.99 Å². The highest BCUT2D eigenvalue weighted by Crippen LogP contribution is 2.41. The number of Topliss-reactive ketones (excluding diaryl/α,β-unsaturated/α-hetero) is 1. The lowest BCUT2D eigenvalue weighted by molar-refractivity contribution is -0.138. The summed E-state index contributed by atoms with van der Waals surface area (Å²) in [5.41, 5.74) is -1.13. The first-order valence-electron chi connectivity index (χ1n) is 5.04. The first kappa shape index (κ1) is 13.7. The normalized spacial score (nSPS) is 27.6.